The molecule has 1 atom stereocenters. The van der Waals surface area contributed by atoms with Gasteiger partial charge in [-0.15, -0.1) is 0 Å². The second-order valence-electron chi connectivity index (χ2n) is 7.34. The van der Waals surface area contributed by atoms with Crippen LogP contribution in [0.5, 0.6) is 0 Å². The van der Waals surface area contributed by atoms with E-state index in [0.717, 1.165) is 5.69 Å². The Bertz CT molecular complexity index is 670. The Morgan fingerprint density at radius 1 is 1.38 bits per heavy atom. The number of fused-ring (bicyclic) bond motifs is 1. The van der Waals surface area contributed by atoms with Gasteiger partial charge in [0.05, 0.1) is 17.3 Å². The van der Waals surface area contributed by atoms with Crippen LogP contribution in [0.4, 0.5) is 10.7 Å². The molecule has 1 aromatic heterocycles. The van der Waals surface area contributed by atoms with Crippen LogP contribution in [0.15, 0.2) is 6.20 Å². The van der Waals surface area contributed by atoms with Crippen LogP contribution in [0.3, 0.4) is 0 Å². The molecule has 8 heteroatoms. The fourth-order valence-electron chi connectivity index (χ4n) is 3.26. The van der Waals surface area contributed by atoms with E-state index in [4.69, 9.17) is 0 Å². The maximum absolute atomic E-state index is 11.8. The zero-order chi connectivity index (χ0) is 17.5. The third-order valence-corrected chi connectivity index (χ3v) is 4.66. The van der Waals surface area contributed by atoms with E-state index in [1.54, 1.807) is 6.20 Å². The monoisotopic (exact) mass is 333 g/mol. The number of carbonyl (C=O) groups is 2. The smallest absolute Gasteiger partial charge is 0.407 e. The number of aromatic nitrogens is 2. The molecule has 1 aromatic rings. The lowest BCUT2D eigenvalue weighted by Gasteiger charge is -2.46. The third kappa shape index (κ3) is 3.00. The van der Waals surface area contributed by atoms with Crippen molar-refractivity contribution in [3.63, 3.8) is 0 Å². The summed E-state index contributed by atoms with van der Waals surface area (Å²) in [7, 11) is 0. The van der Waals surface area contributed by atoms with Crippen molar-refractivity contribution in [3.05, 3.63) is 17.5 Å². The van der Waals surface area contributed by atoms with Gasteiger partial charge in [0.15, 0.2) is 0 Å². The average molecular weight is 333 g/mol. The van der Waals surface area contributed by atoms with E-state index in [1.807, 2.05) is 25.7 Å². The Balaban J connectivity index is 1.85. The Labute approximate surface area is 140 Å². The molecule has 1 fully saturated rings. The van der Waals surface area contributed by atoms with Crippen molar-refractivity contribution >= 4 is 17.9 Å². The van der Waals surface area contributed by atoms with Crippen molar-refractivity contribution in [2.24, 2.45) is 5.41 Å². The third-order valence-electron chi connectivity index (χ3n) is 4.66. The molecular weight excluding hydrogens is 310 g/mol. The SMILES string of the molecule is CC(C)(C)C1CN(c2ncc3c(n2)CCNC3=O)CCN1C(=O)O. The van der Waals surface area contributed by atoms with Crippen molar-refractivity contribution in [2.45, 2.75) is 33.2 Å². The van der Waals surface area contributed by atoms with Gasteiger partial charge >= 0.3 is 6.09 Å². The second-order valence-corrected chi connectivity index (χ2v) is 7.34. The largest absolute Gasteiger partial charge is 0.465 e. The lowest BCUT2D eigenvalue weighted by atomic mass is 9.84. The van der Waals surface area contributed by atoms with Crippen LogP contribution in [-0.4, -0.2) is 64.2 Å². The molecule has 24 heavy (non-hydrogen) atoms. The van der Waals surface area contributed by atoms with Gasteiger partial charge in [0.2, 0.25) is 5.95 Å². The van der Waals surface area contributed by atoms with E-state index in [-0.39, 0.29) is 17.4 Å². The summed E-state index contributed by atoms with van der Waals surface area (Å²) in [5.41, 5.74) is 1.10. The molecule has 0 spiro atoms. The van der Waals surface area contributed by atoms with Crippen LogP contribution in [0.1, 0.15) is 36.8 Å². The molecule has 0 aliphatic carbocycles. The maximum Gasteiger partial charge on any atom is 0.407 e. The number of hydrogen-bond donors (Lipinski definition) is 2. The Morgan fingerprint density at radius 3 is 2.79 bits per heavy atom. The molecule has 2 amide bonds. The van der Waals surface area contributed by atoms with Crippen LogP contribution in [-0.2, 0) is 6.42 Å². The summed E-state index contributed by atoms with van der Waals surface area (Å²) in [5, 5.41) is 12.2. The van der Waals surface area contributed by atoms with Gasteiger partial charge in [-0.25, -0.2) is 14.8 Å². The number of nitrogens with one attached hydrogen (secondary N) is 1. The number of piperazine rings is 1. The van der Waals surface area contributed by atoms with Crippen molar-refractivity contribution in [1.82, 2.24) is 20.2 Å². The highest BCUT2D eigenvalue weighted by Crippen LogP contribution is 2.29. The first-order valence-corrected chi connectivity index (χ1v) is 8.16. The van der Waals surface area contributed by atoms with Crippen LogP contribution in [0, 0.1) is 5.41 Å². The average Bonchev–Trinajstić information content (AvgIpc) is 2.53. The maximum atomic E-state index is 11.8. The standard InChI is InChI=1S/C16H23N5O3/c1-16(2,3)12-9-20(6-7-21(12)15(23)24)14-18-8-10-11(19-14)4-5-17-13(10)22/h8,12H,4-7,9H2,1-3H3,(H,17,22)(H,23,24). The summed E-state index contributed by atoms with van der Waals surface area (Å²) in [6.45, 7) is 8.20. The number of amides is 2. The first kappa shape index (κ1) is 16.5. The van der Waals surface area contributed by atoms with E-state index in [0.29, 0.717) is 44.1 Å². The van der Waals surface area contributed by atoms with Gasteiger partial charge in [0.25, 0.3) is 5.91 Å². The zero-order valence-corrected chi connectivity index (χ0v) is 14.2. The summed E-state index contributed by atoms with van der Waals surface area (Å²) >= 11 is 0. The molecule has 130 valence electrons. The van der Waals surface area contributed by atoms with Crippen LogP contribution in [0.25, 0.3) is 0 Å². The molecule has 8 nitrogen and oxygen atoms in total. The molecule has 2 N–H and O–H groups in total. The summed E-state index contributed by atoms with van der Waals surface area (Å²) < 4.78 is 0. The van der Waals surface area contributed by atoms with Gasteiger partial charge in [0, 0.05) is 38.8 Å². The fraction of sp³-hybridized carbons (Fsp3) is 0.625. The number of rotatable bonds is 1. The molecule has 3 rings (SSSR count). The van der Waals surface area contributed by atoms with Gasteiger partial charge in [-0.2, -0.15) is 0 Å². The van der Waals surface area contributed by atoms with E-state index in [9.17, 15) is 14.7 Å². The van der Waals surface area contributed by atoms with Gasteiger partial charge in [0.1, 0.15) is 0 Å². The van der Waals surface area contributed by atoms with Gasteiger partial charge in [-0.1, -0.05) is 20.8 Å². The molecular formula is C16H23N5O3. The lowest BCUT2D eigenvalue weighted by molar-refractivity contribution is 0.0744. The van der Waals surface area contributed by atoms with Crippen molar-refractivity contribution in [2.75, 3.05) is 31.1 Å². The molecule has 0 radical (unpaired) electrons. The topological polar surface area (TPSA) is 98.7 Å². The highest BCUT2D eigenvalue weighted by atomic mass is 16.4. The molecule has 2 aliphatic rings. The van der Waals surface area contributed by atoms with Crippen LogP contribution in [0.2, 0.25) is 0 Å². The highest BCUT2D eigenvalue weighted by Gasteiger charge is 2.38. The minimum Gasteiger partial charge on any atom is -0.465 e. The lowest BCUT2D eigenvalue weighted by Crippen LogP contribution is -2.59. The molecule has 3 heterocycles. The first-order chi connectivity index (χ1) is 11.3. The molecule has 1 saturated heterocycles. The van der Waals surface area contributed by atoms with Crippen LogP contribution < -0.4 is 10.2 Å². The molecule has 2 aliphatic heterocycles. The number of anilines is 1. The molecule has 0 saturated carbocycles. The molecule has 0 bridgehead atoms. The minimum atomic E-state index is -0.891. The quantitative estimate of drug-likeness (QED) is 0.795. The summed E-state index contributed by atoms with van der Waals surface area (Å²) in [5.74, 6) is 0.439. The van der Waals surface area contributed by atoms with E-state index < -0.39 is 6.09 Å². The Hall–Kier alpha value is -2.38. The molecule has 1 unspecified atom stereocenters. The minimum absolute atomic E-state index is 0.133. The summed E-state index contributed by atoms with van der Waals surface area (Å²) in [6.07, 6.45) is 1.37. The van der Waals surface area contributed by atoms with Gasteiger partial charge < -0.3 is 20.2 Å². The predicted molar refractivity (Wildman–Crippen MR) is 88.3 cm³/mol. The highest BCUT2D eigenvalue weighted by molar-refractivity contribution is 5.96. The predicted octanol–water partition coefficient (Wildman–Crippen LogP) is 0.977. The number of hydrogen-bond acceptors (Lipinski definition) is 5. The van der Waals surface area contributed by atoms with E-state index in [2.05, 4.69) is 15.3 Å². The van der Waals surface area contributed by atoms with Crippen molar-refractivity contribution in [1.29, 1.82) is 0 Å². The Morgan fingerprint density at radius 2 is 2.12 bits per heavy atom. The van der Waals surface area contributed by atoms with E-state index >= 15 is 0 Å². The van der Waals surface area contributed by atoms with Gasteiger partial charge in [-0.3, -0.25) is 4.79 Å². The normalized spacial score (nSPS) is 21.3. The van der Waals surface area contributed by atoms with Crippen LogP contribution >= 0.6 is 0 Å². The van der Waals surface area contributed by atoms with E-state index in [1.165, 1.54) is 4.90 Å². The number of carbonyl (C=O) groups excluding carboxylic acids is 1. The van der Waals surface area contributed by atoms with Crippen molar-refractivity contribution in [3.8, 4) is 0 Å². The second kappa shape index (κ2) is 5.92. The summed E-state index contributed by atoms with van der Waals surface area (Å²) in [6, 6.07) is -0.147. The fourth-order valence-corrected chi connectivity index (χ4v) is 3.26. The number of carboxylic acid groups (broad SMARTS) is 1. The summed E-state index contributed by atoms with van der Waals surface area (Å²) in [4.78, 5) is 35.7. The Kier molecular flexibility index (Phi) is 4.06. The number of nitrogens with zero attached hydrogens (tertiary/aromatic N) is 4. The van der Waals surface area contributed by atoms with Crippen molar-refractivity contribution < 1.29 is 14.7 Å². The first-order valence-electron chi connectivity index (χ1n) is 8.16. The molecule has 0 aromatic carbocycles. The van der Waals surface area contributed by atoms with Gasteiger partial charge in [-0.05, 0) is 5.41 Å². The zero-order valence-electron chi connectivity index (χ0n) is 14.2.